The van der Waals surface area contributed by atoms with Gasteiger partial charge in [0.05, 0.1) is 11.9 Å². The van der Waals surface area contributed by atoms with Gasteiger partial charge in [-0.3, -0.25) is 0 Å². The highest BCUT2D eigenvalue weighted by Crippen LogP contribution is 2.17. The molecule has 0 radical (unpaired) electrons. The van der Waals surface area contributed by atoms with Crippen molar-refractivity contribution in [2.24, 2.45) is 0 Å². The van der Waals surface area contributed by atoms with Crippen LogP contribution in [-0.4, -0.2) is 15.0 Å². The van der Waals surface area contributed by atoms with E-state index in [1.807, 2.05) is 19.1 Å². The Morgan fingerprint density at radius 3 is 2.87 bits per heavy atom. The second-order valence-electron chi connectivity index (χ2n) is 3.09. The summed E-state index contributed by atoms with van der Waals surface area (Å²) in [5.41, 5.74) is 2.40. The van der Waals surface area contributed by atoms with Crippen molar-refractivity contribution in [1.29, 1.82) is 0 Å². The zero-order chi connectivity index (χ0) is 10.8. The van der Waals surface area contributed by atoms with Gasteiger partial charge in [-0.25, -0.2) is 0 Å². The topological polar surface area (TPSA) is 30.7 Å². The van der Waals surface area contributed by atoms with Crippen molar-refractivity contribution in [2.45, 2.75) is 6.92 Å². The Balaban J connectivity index is 2.50. The van der Waals surface area contributed by atoms with E-state index in [4.69, 9.17) is 18.0 Å². The Labute approximate surface area is 92.7 Å². The molecule has 15 heavy (non-hydrogen) atoms. The van der Waals surface area contributed by atoms with E-state index < -0.39 is 0 Å². The van der Waals surface area contributed by atoms with Crippen LogP contribution in [0.2, 0.25) is 5.02 Å². The molecule has 0 saturated carbocycles. The van der Waals surface area contributed by atoms with Crippen LogP contribution in [0.5, 0.6) is 0 Å². The van der Waals surface area contributed by atoms with Gasteiger partial charge in [0, 0.05) is 5.02 Å². The van der Waals surface area contributed by atoms with Crippen LogP contribution in [0.3, 0.4) is 0 Å². The third-order valence-corrected chi connectivity index (χ3v) is 2.25. The number of benzene rings is 1. The van der Waals surface area contributed by atoms with E-state index in [0.29, 0.717) is 10.7 Å². The maximum atomic E-state index is 5.85. The SMILES string of the molecule is C#Cc1cnn(-c2ccc(Cl)cc2C)n1. The Kier molecular flexibility index (Phi) is 2.44. The first kappa shape index (κ1) is 9.75. The smallest absolute Gasteiger partial charge is 0.155 e. The molecule has 0 atom stereocenters. The standard InChI is InChI=1S/C11H8ClN3/c1-3-10-7-13-15(14-10)11-5-4-9(12)6-8(11)2/h1,4-7H,2H3. The third-order valence-electron chi connectivity index (χ3n) is 2.01. The first-order valence-corrected chi connectivity index (χ1v) is 4.74. The molecule has 2 aromatic rings. The van der Waals surface area contributed by atoms with E-state index in [9.17, 15) is 0 Å². The quantitative estimate of drug-likeness (QED) is 0.686. The molecule has 0 unspecified atom stereocenters. The number of hydrogen-bond acceptors (Lipinski definition) is 2. The first-order chi connectivity index (χ1) is 7.20. The molecule has 4 heteroatoms. The van der Waals surface area contributed by atoms with E-state index >= 15 is 0 Å². The number of hydrogen-bond donors (Lipinski definition) is 0. The van der Waals surface area contributed by atoms with Crippen molar-refractivity contribution in [3.8, 4) is 18.0 Å². The minimum atomic E-state index is 0.518. The minimum absolute atomic E-state index is 0.518. The molecule has 1 heterocycles. The molecular weight excluding hydrogens is 210 g/mol. The Morgan fingerprint density at radius 1 is 1.47 bits per heavy atom. The van der Waals surface area contributed by atoms with E-state index in [2.05, 4.69) is 16.1 Å². The molecule has 0 spiro atoms. The molecule has 0 aliphatic heterocycles. The summed E-state index contributed by atoms with van der Waals surface area (Å²) in [6.45, 7) is 1.94. The van der Waals surface area contributed by atoms with Crippen molar-refractivity contribution in [1.82, 2.24) is 15.0 Å². The Morgan fingerprint density at radius 2 is 2.27 bits per heavy atom. The Bertz CT molecular complexity index is 537. The predicted molar refractivity (Wildman–Crippen MR) is 59.0 cm³/mol. The monoisotopic (exact) mass is 217 g/mol. The number of terminal acetylenes is 1. The van der Waals surface area contributed by atoms with Gasteiger partial charge < -0.3 is 0 Å². The number of aromatic nitrogens is 3. The summed E-state index contributed by atoms with van der Waals surface area (Å²) < 4.78 is 0. The van der Waals surface area contributed by atoms with Crippen LogP contribution in [0.25, 0.3) is 5.69 Å². The van der Waals surface area contributed by atoms with Crippen molar-refractivity contribution in [3.05, 3.63) is 40.7 Å². The van der Waals surface area contributed by atoms with Crippen LogP contribution in [0.15, 0.2) is 24.4 Å². The van der Waals surface area contributed by atoms with Crippen LogP contribution < -0.4 is 0 Å². The van der Waals surface area contributed by atoms with E-state index in [1.54, 1.807) is 12.3 Å². The highest BCUT2D eigenvalue weighted by molar-refractivity contribution is 6.30. The summed E-state index contributed by atoms with van der Waals surface area (Å²) in [7, 11) is 0. The summed E-state index contributed by atoms with van der Waals surface area (Å²) in [4.78, 5) is 1.50. The lowest BCUT2D eigenvalue weighted by Gasteiger charge is -2.03. The summed E-state index contributed by atoms with van der Waals surface area (Å²) in [5.74, 6) is 2.43. The summed E-state index contributed by atoms with van der Waals surface area (Å²) in [6.07, 6.45) is 6.77. The molecule has 0 amide bonds. The van der Waals surface area contributed by atoms with Gasteiger partial charge in [-0.2, -0.15) is 9.90 Å². The lowest BCUT2D eigenvalue weighted by molar-refractivity contribution is 0.745. The zero-order valence-corrected chi connectivity index (χ0v) is 8.86. The van der Waals surface area contributed by atoms with Gasteiger partial charge in [0.2, 0.25) is 0 Å². The largest absolute Gasteiger partial charge is 0.155 e. The molecule has 0 bridgehead atoms. The molecular formula is C11H8ClN3. The molecule has 0 aliphatic rings. The average molecular weight is 218 g/mol. The first-order valence-electron chi connectivity index (χ1n) is 4.36. The summed E-state index contributed by atoms with van der Waals surface area (Å²) in [6, 6.07) is 5.51. The molecule has 74 valence electrons. The van der Waals surface area contributed by atoms with Gasteiger partial charge in [-0.15, -0.1) is 11.5 Å². The molecule has 1 aromatic carbocycles. The fourth-order valence-corrected chi connectivity index (χ4v) is 1.52. The van der Waals surface area contributed by atoms with E-state index in [-0.39, 0.29) is 0 Å². The van der Waals surface area contributed by atoms with Crippen molar-refractivity contribution in [2.75, 3.05) is 0 Å². The second kappa shape index (κ2) is 3.76. The lowest BCUT2D eigenvalue weighted by Crippen LogP contribution is -2.01. The molecule has 0 saturated heterocycles. The molecule has 3 nitrogen and oxygen atoms in total. The van der Waals surface area contributed by atoms with Crippen molar-refractivity contribution < 1.29 is 0 Å². The highest BCUT2D eigenvalue weighted by Gasteiger charge is 2.04. The molecule has 2 rings (SSSR count). The van der Waals surface area contributed by atoms with E-state index in [0.717, 1.165) is 11.3 Å². The van der Waals surface area contributed by atoms with Crippen LogP contribution in [0, 0.1) is 19.3 Å². The normalized spacial score (nSPS) is 9.93. The molecule has 0 fully saturated rings. The number of halogens is 1. The van der Waals surface area contributed by atoms with Crippen LogP contribution in [-0.2, 0) is 0 Å². The molecule has 0 N–H and O–H groups in total. The van der Waals surface area contributed by atoms with Crippen molar-refractivity contribution >= 4 is 11.6 Å². The average Bonchev–Trinajstić information content (AvgIpc) is 2.66. The molecule has 0 aliphatic carbocycles. The third kappa shape index (κ3) is 1.85. The second-order valence-corrected chi connectivity index (χ2v) is 3.53. The molecule has 1 aromatic heterocycles. The number of aryl methyl sites for hydroxylation is 1. The van der Waals surface area contributed by atoms with Gasteiger partial charge in [0.15, 0.2) is 5.69 Å². The number of nitrogens with zero attached hydrogens (tertiary/aromatic N) is 3. The van der Waals surface area contributed by atoms with Gasteiger partial charge in [-0.05, 0) is 36.6 Å². The minimum Gasteiger partial charge on any atom is -0.155 e. The fourth-order valence-electron chi connectivity index (χ4n) is 1.29. The van der Waals surface area contributed by atoms with Gasteiger partial charge >= 0.3 is 0 Å². The summed E-state index contributed by atoms with van der Waals surface area (Å²) in [5, 5.41) is 8.88. The van der Waals surface area contributed by atoms with Crippen LogP contribution in [0.1, 0.15) is 11.3 Å². The zero-order valence-electron chi connectivity index (χ0n) is 8.11. The van der Waals surface area contributed by atoms with Gasteiger partial charge in [0.1, 0.15) is 0 Å². The van der Waals surface area contributed by atoms with Crippen LogP contribution in [0.4, 0.5) is 0 Å². The van der Waals surface area contributed by atoms with E-state index in [1.165, 1.54) is 4.80 Å². The van der Waals surface area contributed by atoms with Crippen molar-refractivity contribution in [3.63, 3.8) is 0 Å². The number of rotatable bonds is 1. The van der Waals surface area contributed by atoms with Gasteiger partial charge in [-0.1, -0.05) is 11.6 Å². The maximum absolute atomic E-state index is 5.85. The summed E-state index contributed by atoms with van der Waals surface area (Å²) >= 11 is 5.85. The maximum Gasteiger partial charge on any atom is 0.155 e. The van der Waals surface area contributed by atoms with Crippen LogP contribution >= 0.6 is 11.6 Å². The highest BCUT2D eigenvalue weighted by atomic mass is 35.5. The predicted octanol–water partition coefficient (Wildman–Crippen LogP) is 2.21. The van der Waals surface area contributed by atoms with Gasteiger partial charge in [0.25, 0.3) is 0 Å². The lowest BCUT2D eigenvalue weighted by atomic mass is 10.2. The Hall–Kier alpha value is -1.79. The fraction of sp³-hybridized carbons (Fsp3) is 0.0909.